The van der Waals surface area contributed by atoms with Gasteiger partial charge in [-0.05, 0) is 74.0 Å². The van der Waals surface area contributed by atoms with E-state index in [-0.39, 0.29) is 18.1 Å². The van der Waals surface area contributed by atoms with E-state index < -0.39 is 34.8 Å². The quantitative estimate of drug-likeness (QED) is 0.142. The molecule has 1 aliphatic rings. The van der Waals surface area contributed by atoms with Crippen LogP contribution in [0.3, 0.4) is 0 Å². The number of aromatic nitrogens is 2. The smallest absolute Gasteiger partial charge is 0.240 e. The van der Waals surface area contributed by atoms with Crippen LogP contribution in [0.5, 0.6) is 23.1 Å². The molecule has 5 rings (SSSR count). The van der Waals surface area contributed by atoms with Crippen LogP contribution in [0, 0.1) is 17.0 Å². The number of halogens is 2. The van der Waals surface area contributed by atoms with E-state index in [0.29, 0.717) is 40.3 Å². The van der Waals surface area contributed by atoms with Crippen molar-refractivity contribution in [2.24, 2.45) is 11.1 Å². The first-order valence-electron chi connectivity index (χ1n) is 14.7. The summed E-state index contributed by atoms with van der Waals surface area (Å²) in [7, 11) is 1.52. The van der Waals surface area contributed by atoms with Gasteiger partial charge in [-0.15, -0.1) is 0 Å². The minimum atomic E-state index is -1.56. The van der Waals surface area contributed by atoms with Crippen molar-refractivity contribution >= 4 is 28.4 Å². The summed E-state index contributed by atoms with van der Waals surface area (Å²) in [6, 6.07) is 12.7. The number of rotatable bonds is 14. The summed E-state index contributed by atoms with van der Waals surface area (Å²) in [4.78, 5) is 36.3. The number of methoxy groups -OCH3 is 1. The molecule has 45 heavy (non-hydrogen) atoms. The van der Waals surface area contributed by atoms with Gasteiger partial charge in [0.05, 0.1) is 24.6 Å². The second kappa shape index (κ2) is 13.4. The predicted octanol–water partition coefficient (Wildman–Crippen LogP) is 5.42. The number of carbonyl (C=O) groups excluding carboxylic acids is 2. The Bertz CT molecular complexity index is 1700. The number of fused-ring (bicyclic) bond motifs is 1. The number of ether oxygens (including phenoxy) is 3. The van der Waals surface area contributed by atoms with Crippen LogP contribution in [0.4, 0.5) is 14.5 Å². The first-order chi connectivity index (χ1) is 21.7. The molecule has 1 aromatic heterocycles. The van der Waals surface area contributed by atoms with Gasteiger partial charge < -0.3 is 30.2 Å². The number of nitrogens with two attached hydrogens (primary N) is 1. The maximum absolute atomic E-state index is 15.4. The number of carbonyl (C=O) groups is 2. The molecule has 4 aromatic rings. The molecule has 1 heterocycles. The molecule has 1 saturated carbocycles. The average Bonchev–Trinajstić information content (AvgIpc) is 3.81. The average molecular weight is 620 g/mol. The van der Waals surface area contributed by atoms with Crippen molar-refractivity contribution in [2.45, 2.75) is 32.6 Å². The Labute approximate surface area is 259 Å². The lowest BCUT2D eigenvalue weighted by Crippen LogP contribution is -2.37. The monoisotopic (exact) mass is 619 g/mol. The summed E-state index contributed by atoms with van der Waals surface area (Å²) in [5, 5.41) is 3.09. The molecule has 0 radical (unpaired) electrons. The van der Waals surface area contributed by atoms with Gasteiger partial charge in [0.2, 0.25) is 17.7 Å². The summed E-state index contributed by atoms with van der Waals surface area (Å²) < 4.78 is 46.1. The van der Waals surface area contributed by atoms with Crippen molar-refractivity contribution < 1.29 is 32.6 Å². The number of anilines is 1. The topological polar surface area (TPSA) is 129 Å². The molecule has 2 atom stereocenters. The number of hydrogen-bond acceptors (Lipinski definition) is 8. The summed E-state index contributed by atoms with van der Waals surface area (Å²) >= 11 is 0. The fourth-order valence-electron chi connectivity index (χ4n) is 5.40. The third-order valence-corrected chi connectivity index (χ3v) is 8.13. The van der Waals surface area contributed by atoms with Gasteiger partial charge in [-0.3, -0.25) is 9.59 Å². The second-order valence-corrected chi connectivity index (χ2v) is 10.8. The summed E-state index contributed by atoms with van der Waals surface area (Å²) in [5.74, 6) is -2.33. The van der Waals surface area contributed by atoms with Crippen LogP contribution < -0.4 is 25.3 Å². The van der Waals surface area contributed by atoms with Crippen molar-refractivity contribution in [2.75, 3.05) is 38.7 Å². The largest absolute Gasteiger partial charge is 0.493 e. The Balaban J connectivity index is 1.31. The van der Waals surface area contributed by atoms with Crippen molar-refractivity contribution in [1.29, 1.82) is 0 Å². The van der Waals surface area contributed by atoms with Crippen molar-refractivity contribution in [3.05, 3.63) is 78.1 Å². The lowest BCUT2D eigenvalue weighted by molar-refractivity contribution is -0.132. The summed E-state index contributed by atoms with van der Waals surface area (Å²) in [6.45, 7) is 7.61. The SMILES string of the molecule is CCN(CC)CCCOc1cc2ncnc(Oc3ccc(C4CC4(C(N)=O)C(=O)Nc4ccc(F)cc4)cc3F)c2cc1OC. The highest BCUT2D eigenvalue weighted by Gasteiger charge is 2.65. The molecule has 10 nitrogen and oxygen atoms in total. The van der Waals surface area contributed by atoms with E-state index in [4.69, 9.17) is 19.9 Å². The van der Waals surface area contributed by atoms with Crippen molar-refractivity contribution in [1.82, 2.24) is 14.9 Å². The molecule has 2 amide bonds. The van der Waals surface area contributed by atoms with Crippen LogP contribution in [0.2, 0.25) is 0 Å². The van der Waals surface area contributed by atoms with E-state index in [1.165, 1.54) is 49.8 Å². The number of nitrogens with one attached hydrogen (secondary N) is 1. The molecule has 0 bridgehead atoms. The molecule has 0 spiro atoms. The third kappa shape index (κ3) is 6.65. The highest BCUT2D eigenvalue weighted by Crippen LogP contribution is 2.60. The highest BCUT2D eigenvalue weighted by atomic mass is 19.1. The normalized spacial score (nSPS) is 17.2. The Morgan fingerprint density at radius 2 is 1.78 bits per heavy atom. The zero-order valence-corrected chi connectivity index (χ0v) is 25.3. The number of benzene rings is 3. The molecular weight excluding hydrogens is 584 g/mol. The molecule has 3 N–H and O–H groups in total. The first kappa shape index (κ1) is 31.6. The predicted molar refractivity (Wildman–Crippen MR) is 164 cm³/mol. The molecule has 1 fully saturated rings. The van der Waals surface area contributed by atoms with E-state index in [0.717, 1.165) is 26.1 Å². The lowest BCUT2D eigenvalue weighted by atomic mass is 9.97. The maximum Gasteiger partial charge on any atom is 0.240 e. The van der Waals surface area contributed by atoms with E-state index >= 15 is 4.39 Å². The summed E-state index contributed by atoms with van der Waals surface area (Å²) in [6.07, 6.45) is 2.26. The molecule has 1 aliphatic carbocycles. The number of nitrogens with zero attached hydrogens (tertiary/aromatic N) is 3. The lowest BCUT2D eigenvalue weighted by Gasteiger charge is -2.18. The Morgan fingerprint density at radius 3 is 2.44 bits per heavy atom. The minimum Gasteiger partial charge on any atom is -0.493 e. The minimum absolute atomic E-state index is 0.102. The van der Waals surface area contributed by atoms with Crippen LogP contribution >= 0.6 is 0 Å². The third-order valence-electron chi connectivity index (χ3n) is 8.13. The van der Waals surface area contributed by atoms with Crippen LogP contribution in [0.15, 0.2) is 60.9 Å². The van der Waals surface area contributed by atoms with Gasteiger partial charge in [-0.2, -0.15) is 0 Å². The molecule has 12 heteroatoms. The highest BCUT2D eigenvalue weighted by molar-refractivity contribution is 6.14. The van der Waals surface area contributed by atoms with Crippen LogP contribution in [-0.2, 0) is 9.59 Å². The van der Waals surface area contributed by atoms with E-state index in [9.17, 15) is 14.0 Å². The number of primary amides is 1. The van der Waals surface area contributed by atoms with E-state index in [2.05, 4.69) is 34.0 Å². The van der Waals surface area contributed by atoms with Crippen molar-refractivity contribution in [3.63, 3.8) is 0 Å². The van der Waals surface area contributed by atoms with Gasteiger partial charge in [-0.1, -0.05) is 19.9 Å². The van der Waals surface area contributed by atoms with Gasteiger partial charge in [0.1, 0.15) is 17.6 Å². The number of hydrogen-bond donors (Lipinski definition) is 2. The number of amides is 2. The molecule has 3 aromatic carbocycles. The molecule has 236 valence electrons. The first-order valence-corrected chi connectivity index (χ1v) is 14.7. The Morgan fingerprint density at radius 1 is 1.02 bits per heavy atom. The fourth-order valence-corrected chi connectivity index (χ4v) is 5.40. The van der Waals surface area contributed by atoms with E-state index in [1.54, 1.807) is 18.2 Å². The van der Waals surface area contributed by atoms with Crippen LogP contribution in [0.25, 0.3) is 10.9 Å². The standard InChI is InChI=1S/C33H35F2N5O5/c1-4-40(5-2)13-6-14-44-29-17-26-23(16-28(29)43-3)30(38-19-37-26)45-27-12-7-20(15-25(27)35)24-18-33(24,31(36)41)32(42)39-22-10-8-21(34)9-11-22/h7-12,15-17,19,24H,4-6,13-14,18H2,1-3H3,(H2,36,41)(H,39,42). The van der Waals surface area contributed by atoms with Gasteiger partial charge in [0, 0.05) is 24.2 Å². The Hall–Kier alpha value is -4.84. The molecule has 0 aliphatic heterocycles. The molecule has 0 saturated heterocycles. The van der Waals surface area contributed by atoms with Crippen LogP contribution in [-0.4, -0.2) is 60.0 Å². The van der Waals surface area contributed by atoms with Gasteiger partial charge in [0.15, 0.2) is 23.1 Å². The zero-order chi connectivity index (χ0) is 32.1. The molecule has 2 unspecified atom stereocenters. The molecular formula is C33H35F2N5O5. The van der Waals surface area contributed by atoms with Crippen LogP contribution in [0.1, 0.15) is 38.2 Å². The second-order valence-electron chi connectivity index (χ2n) is 10.8. The summed E-state index contributed by atoms with van der Waals surface area (Å²) in [5.41, 5.74) is 5.32. The van der Waals surface area contributed by atoms with E-state index in [1.807, 2.05) is 0 Å². The fraction of sp³-hybridized carbons (Fsp3) is 0.333. The van der Waals surface area contributed by atoms with Gasteiger partial charge in [-0.25, -0.2) is 18.7 Å². The van der Waals surface area contributed by atoms with Gasteiger partial charge >= 0.3 is 0 Å². The maximum atomic E-state index is 15.4. The van der Waals surface area contributed by atoms with Crippen molar-refractivity contribution in [3.8, 4) is 23.1 Å². The Kier molecular flexibility index (Phi) is 9.43. The van der Waals surface area contributed by atoms with Gasteiger partial charge in [0.25, 0.3) is 0 Å². The zero-order valence-electron chi connectivity index (χ0n) is 25.3.